The predicted octanol–water partition coefficient (Wildman–Crippen LogP) is 1.11. The zero-order valence-corrected chi connectivity index (χ0v) is 12.0. The van der Waals surface area contributed by atoms with Gasteiger partial charge in [0, 0.05) is 5.69 Å². The van der Waals surface area contributed by atoms with Gasteiger partial charge in [-0.3, -0.25) is 14.5 Å². The Morgan fingerprint density at radius 2 is 1.95 bits per heavy atom. The molecule has 2 atom stereocenters. The molecular weight excluding hydrogens is 272 g/mol. The summed E-state index contributed by atoms with van der Waals surface area (Å²) in [6.45, 7) is 3.33. The van der Waals surface area contributed by atoms with Gasteiger partial charge in [-0.15, -0.1) is 0 Å². The quantitative estimate of drug-likeness (QED) is 0.841. The number of carboxylic acids is 1. The maximum Gasteiger partial charge on any atom is 0.326 e. The number of para-hydroxylation sites is 1. The summed E-state index contributed by atoms with van der Waals surface area (Å²) >= 11 is 0. The van der Waals surface area contributed by atoms with Crippen LogP contribution >= 0.6 is 0 Å². The van der Waals surface area contributed by atoms with Crippen LogP contribution in [0.2, 0.25) is 0 Å². The van der Waals surface area contributed by atoms with E-state index in [1.54, 1.807) is 18.7 Å². The lowest BCUT2D eigenvalue weighted by Gasteiger charge is -2.40. The molecule has 0 radical (unpaired) electrons. The first-order chi connectivity index (χ1) is 9.97. The van der Waals surface area contributed by atoms with Gasteiger partial charge in [0.2, 0.25) is 5.91 Å². The second kappa shape index (κ2) is 5.95. The minimum absolute atomic E-state index is 0.000694. The number of amides is 2. The van der Waals surface area contributed by atoms with E-state index < -0.39 is 29.9 Å². The lowest BCUT2D eigenvalue weighted by atomic mass is 10.1. The van der Waals surface area contributed by atoms with Gasteiger partial charge in [0.15, 0.2) is 0 Å². The number of carbonyl (C=O) groups is 3. The Morgan fingerprint density at radius 1 is 1.33 bits per heavy atom. The summed E-state index contributed by atoms with van der Waals surface area (Å²) in [5.41, 5.74) is 0.773. The average molecular weight is 290 g/mol. The molecule has 112 valence electrons. The van der Waals surface area contributed by atoms with Crippen molar-refractivity contribution in [3.63, 3.8) is 0 Å². The molecule has 6 nitrogen and oxygen atoms in total. The number of carbonyl (C=O) groups excluding carboxylic acids is 2. The molecule has 1 aromatic rings. The van der Waals surface area contributed by atoms with Crippen LogP contribution in [0.4, 0.5) is 5.69 Å². The molecule has 0 saturated carbocycles. The van der Waals surface area contributed by atoms with Gasteiger partial charge in [-0.05, 0) is 25.5 Å². The van der Waals surface area contributed by atoms with Crippen molar-refractivity contribution >= 4 is 23.5 Å². The topological polar surface area (TPSA) is 77.9 Å². The van der Waals surface area contributed by atoms with Crippen LogP contribution in [0.1, 0.15) is 20.3 Å². The van der Waals surface area contributed by atoms with Crippen molar-refractivity contribution < 1.29 is 19.5 Å². The fourth-order valence-electron chi connectivity index (χ4n) is 2.55. The third kappa shape index (κ3) is 2.74. The molecule has 1 heterocycles. The molecule has 1 aliphatic rings. The van der Waals surface area contributed by atoms with Crippen LogP contribution in [0.3, 0.4) is 0 Å². The maximum absolute atomic E-state index is 12.4. The minimum atomic E-state index is -1.15. The molecule has 1 aromatic carbocycles. The highest BCUT2D eigenvalue weighted by Crippen LogP contribution is 2.23. The fourth-order valence-corrected chi connectivity index (χ4v) is 2.55. The summed E-state index contributed by atoms with van der Waals surface area (Å²) in [5, 5.41) is 9.17. The van der Waals surface area contributed by atoms with E-state index in [1.807, 2.05) is 30.3 Å². The second-order valence-corrected chi connectivity index (χ2v) is 5.00. The van der Waals surface area contributed by atoms with E-state index in [2.05, 4.69) is 0 Å². The monoisotopic (exact) mass is 290 g/mol. The first-order valence-corrected chi connectivity index (χ1v) is 6.87. The van der Waals surface area contributed by atoms with Crippen LogP contribution in [-0.4, -0.2) is 46.4 Å². The molecule has 0 bridgehead atoms. The lowest BCUT2D eigenvalue weighted by molar-refractivity contribution is -0.160. The van der Waals surface area contributed by atoms with Crippen molar-refractivity contribution in [2.24, 2.45) is 0 Å². The van der Waals surface area contributed by atoms with E-state index in [0.29, 0.717) is 0 Å². The molecule has 0 aromatic heterocycles. The number of imide groups is 1. The number of hydrogen-bond acceptors (Lipinski definition) is 4. The largest absolute Gasteiger partial charge is 0.480 e. The summed E-state index contributed by atoms with van der Waals surface area (Å²) < 4.78 is 0. The highest BCUT2D eigenvalue weighted by atomic mass is 16.4. The highest BCUT2D eigenvalue weighted by molar-refractivity contribution is 6.07. The van der Waals surface area contributed by atoms with E-state index in [-0.39, 0.29) is 13.0 Å². The molecule has 21 heavy (non-hydrogen) atoms. The van der Waals surface area contributed by atoms with E-state index in [1.165, 1.54) is 0 Å². The first kappa shape index (κ1) is 15.0. The summed E-state index contributed by atoms with van der Waals surface area (Å²) in [5.74, 6) is -2.10. The van der Waals surface area contributed by atoms with Crippen molar-refractivity contribution in [1.82, 2.24) is 4.90 Å². The van der Waals surface area contributed by atoms with Gasteiger partial charge in [0.05, 0.1) is 6.54 Å². The molecule has 1 fully saturated rings. The van der Waals surface area contributed by atoms with Crippen molar-refractivity contribution in [3.05, 3.63) is 30.3 Å². The van der Waals surface area contributed by atoms with Crippen LogP contribution in [0, 0.1) is 0 Å². The SMILES string of the molecule is CCC(C(=O)O)N1C(=O)CN(c2ccccc2)C(C)C1=O. The van der Waals surface area contributed by atoms with Crippen molar-refractivity contribution in [3.8, 4) is 0 Å². The Labute approximate surface area is 123 Å². The molecule has 1 saturated heterocycles. The summed E-state index contributed by atoms with van der Waals surface area (Å²) in [6.07, 6.45) is 0.199. The predicted molar refractivity (Wildman–Crippen MR) is 76.8 cm³/mol. The van der Waals surface area contributed by atoms with Crippen molar-refractivity contribution in [2.45, 2.75) is 32.4 Å². The number of anilines is 1. The Morgan fingerprint density at radius 3 is 2.48 bits per heavy atom. The standard InChI is InChI=1S/C15H18N2O4/c1-3-12(15(20)21)17-13(18)9-16(10(2)14(17)19)11-7-5-4-6-8-11/h4-8,10,12H,3,9H2,1-2H3,(H,20,21). The zero-order chi connectivity index (χ0) is 15.6. The fraction of sp³-hybridized carbons (Fsp3) is 0.400. The van der Waals surface area contributed by atoms with Crippen molar-refractivity contribution in [2.75, 3.05) is 11.4 Å². The third-order valence-corrected chi connectivity index (χ3v) is 3.71. The van der Waals surface area contributed by atoms with Crippen LogP contribution in [0.25, 0.3) is 0 Å². The molecule has 2 amide bonds. The van der Waals surface area contributed by atoms with Gasteiger partial charge >= 0.3 is 5.97 Å². The van der Waals surface area contributed by atoms with E-state index >= 15 is 0 Å². The van der Waals surface area contributed by atoms with Gasteiger partial charge < -0.3 is 10.0 Å². The Bertz CT molecular complexity index is 558. The molecule has 2 unspecified atom stereocenters. The molecule has 0 spiro atoms. The van der Waals surface area contributed by atoms with Gasteiger partial charge in [0.1, 0.15) is 12.1 Å². The van der Waals surface area contributed by atoms with E-state index in [0.717, 1.165) is 10.6 Å². The molecular formula is C15H18N2O4. The summed E-state index contributed by atoms with van der Waals surface area (Å²) in [6, 6.07) is 7.49. The molecule has 6 heteroatoms. The molecule has 2 rings (SSSR count). The highest BCUT2D eigenvalue weighted by Gasteiger charge is 2.42. The van der Waals surface area contributed by atoms with Gasteiger partial charge in [-0.1, -0.05) is 25.1 Å². The molecule has 1 N–H and O–H groups in total. The van der Waals surface area contributed by atoms with E-state index in [4.69, 9.17) is 0 Å². The number of rotatable bonds is 4. The number of hydrogen-bond donors (Lipinski definition) is 1. The van der Waals surface area contributed by atoms with Crippen LogP contribution < -0.4 is 4.90 Å². The number of carboxylic acid groups (broad SMARTS) is 1. The zero-order valence-electron chi connectivity index (χ0n) is 12.0. The van der Waals surface area contributed by atoms with Crippen LogP contribution in [0.15, 0.2) is 30.3 Å². The Hall–Kier alpha value is -2.37. The third-order valence-electron chi connectivity index (χ3n) is 3.71. The van der Waals surface area contributed by atoms with Gasteiger partial charge in [-0.25, -0.2) is 4.79 Å². The van der Waals surface area contributed by atoms with Gasteiger partial charge in [-0.2, -0.15) is 0 Å². The number of benzene rings is 1. The Kier molecular flexibility index (Phi) is 4.26. The number of aliphatic carboxylic acids is 1. The second-order valence-electron chi connectivity index (χ2n) is 5.00. The Balaban J connectivity index is 2.29. The maximum atomic E-state index is 12.4. The van der Waals surface area contributed by atoms with Crippen LogP contribution in [0.5, 0.6) is 0 Å². The van der Waals surface area contributed by atoms with Crippen LogP contribution in [-0.2, 0) is 14.4 Å². The number of piperazine rings is 1. The summed E-state index contributed by atoms with van der Waals surface area (Å²) in [7, 11) is 0. The molecule has 0 aliphatic carbocycles. The average Bonchev–Trinajstić information content (AvgIpc) is 2.47. The summed E-state index contributed by atoms with van der Waals surface area (Å²) in [4.78, 5) is 38.5. The van der Waals surface area contributed by atoms with Gasteiger partial charge in [0.25, 0.3) is 5.91 Å². The lowest BCUT2D eigenvalue weighted by Crippen LogP contribution is -2.63. The molecule has 1 aliphatic heterocycles. The van der Waals surface area contributed by atoms with Crippen molar-refractivity contribution in [1.29, 1.82) is 0 Å². The number of nitrogens with zero attached hydrogens (tertiary/aromatic N) is 2. The first-order valence-electron chi connectivity index (χ1n) is 6.87. The van der Waals surface area contributed by atoms with E-state index in [9.17, 15) is 19.5 Å². The normalized spacial score (nSPS) is 20.6. The smallest absolute Gasteiger partial charge is 0.326 e. The minimum Gasteiger partial charge on any atom is -0.480 e.